The van der Waals surface area contributed by atoms with E-state index >= 15 is 0 Å². The lowest BCUT2D eigenvalue weighted by molar-refractivity contribution is 0.112. The highest BCUT2D eigenvalue weighted by Gasteiger charge is 2.54. The van der Waals surface area contributed by atoms with Gasteiger partial charge in [0.2, 0.25) is 0 Å². The summed E-state index contributed by atoms with van der Waals surface area (Å²) in [6.45, 7) is 14.0. The van der Waals surface area contributed by atoms with E-state index in [1.54, 1.807) is 6.07 Å². The second-order valence-corrected chi connectivity index (χ2v) is 11.0. The molecule has 1 aliphatic heterocycles. The van der Waals surface area contributed by atoms with E-state index in [-0.39, 0.29) is 5.82 Å². The number of rotatable bonds is 6. The molecule has 4 nitrogen and oxygen atoms in total. The number of nitrogens with zero attached hydrogens (tertiary/aromatic N) is 3. The number of hydrogen-bond donors (Lipinski definition) is 1. The summed E-state index contributed by atoms with van der Waals surface area (Å²) in [7, 11) is 0. The average Bonchev–Trinajstić information content (AvgIpc) is 3.41. The maximum absolute atomic E-state index is 13.5. The van der Waals surface area contributed by atoms with Gasteiger partial charge in [0.05, 0.1) is 10.7 Å². The molecule has 4 rings (SSSR count). The number of piperidine rings is 1. The van der Waals surface area contributed by atoms with Crippen LogP contribution in [0, 0.1) is 28.5 Å². The van der Waals surface area contributed by atoms with Crippen molar-refractivity contribution in [1.82, 2.24) is 15.1 Å². The maximum Gasteiger partial charge on any atom is 0.148 e. The van der Waals surface area contributed by atoms with Gasteiger partial charge in [0.1, 0.15) is 11.6 Å². The predicted molar refractivity (Wildman–Crippen MR) is 126 cm³/mol. The highest BCUT2D eigenvalue weighted by atomic mass is 35.5. The number of hydrogen-bond acceptors (Lipinski definition) is 4. The second-order valence-electron chi connectivity index (χ2n) is 10.6. The van der Waals surface area contributed by atoms with Gasteiger partial charge >= 0.3 is 0 Å². The normalized spacial score (nSPS) is 21.8. The van der Waals surface area contributed by atoms with Gasteiger partial charge < -0.3 is 10.2 Å². The van der Waals surface area contributed by atoms with Crippen molar-refractivity contribution in [2.24, 2.45) is 22.7 Å². The van der Waals surface area contributed by atoms with E-state index in [2.05, 4.69) is 48.1 Å². The van der Waals surface area contributed by atoms with E-state index in [4.69, 9.17) is 11.6 Å². The zero-order chi connectivity index (χ0) is 22.2. The molecule has 0 amide bonds. The maximum atomic E-state index is 13.5. The fourth-order valence-electron chi connectivity index (χ4n) is 4.67. The van der Waals surface area contributed by atoms with Gasteiger partial charge in [0.25, 0.3) is 0 Å². The second kappa shape index (κ2) is 8.67. The molecule has 1 N–H and O–H groups in total. The number of benzene rings is 1. The van der Waals surface area contributed by atoms with Gasteiger partial charge in [0, 0.05) is 18.7 Å². The molecule has 0 bridgehead atoms. The molecular weight excluding hydrogens is 411 g/mol. The van der Waals surface area contributed by atoms with Crippen LogP contribution in [0.25, 0.3) is 11.3 Å². The molecule has 1 aliphatic carbocycles. The Bertz CT molecular complexity index is 901. The van der Waals surface area contributed by atoms with Crippen LogP contribution in [0.1, 0.15) is 47.0 Å². The Morgan fingerprint density at radius 3 is 2.58 bits per heavy atom. The van der Waals surface area contributed by atoms with Crippen LogP contribution in [0.4, 0.5) is 10.2 Å². The Morgan fingerprint density at radius 2 is 1.94 bits per heavy atom. The van der Waals surface area contributed by atoms with E-state index in [0.717, 1.165) is 12.4 Å². The van der Waals surface area contributed by atoms with Crippen molar-refractivity contribution < 1.29 is 4.39 Å². The minimum absolute atomic E-state index is 0.332. The zero-order valence-electron chi connectivity index (χ0n) is 19.1. The number of likely N-dealkylation sites (tertiary alicyclic amines) is 1. The average molecular weight is 445 g/mol. The van der Waals surface area contributed by atoms with Crippen molar-refractivity contribution in [1.29, 1.82) is 0 Å². The van der Waals surface area contributed by atoms with Crippen molar-refractivity contribution in [3.63, 3.8) is 0 Å². The van der Waals surface area contributed by atoms with E-state index < -0.39 is 0 Å². The summed E-state index contributed by atoms with van der Waals surface area (Å²) in [6.07, 6.45) is 3.92. The lowest BCUT2D eigenvalue weighted by atomic mass is 9.81. The molecule has 168 valence electrons. The van der Waals surface area contributed by atoms with Gasteiger partial charge in [-0.25, -0.2) is 4.39 Å². The third kappa shape index (κ3) is 5.20. The highest BCUT2D eigenvalue weighted by Crippen LogP contribution is 2.59. The van der Waals surface area contributed by atoms with Crippen molar-refractivity contribution in [2.45, 2.75) is 47.0 Å². The molecule has 6 heteroatoms. The first-order valence-corrected chi connectivity index (χ1v) is 11.8. The molecule has 0 radical (unpaired) electrons. The van der Waals surface area contributed by atoms with Crippen LogP contribution in [0.5, 0.6) is 0 Å². The molecule has 2 fully saturated rings. The number of anilines is 1. The Hall–Kier alpha value is -1.72. The summed E-state index contributed by atoms with van der Waals surface area (Å²) in [5.41, 5.74) is 2.04. The summed E-state index contributed by atoms with van der Waals surface area (Å²) in [5, 5.41) is 12.4. The van der Waals surface area contributed by atoms with Gasteiger partial charge in [-0.3, -0.25) is 0 Å². The summed E-state index contributed by atoms with van der Waals surface area (Å²) in [4.78, 5) is 2.66. The highest BCUT2D eigenvalue weighted by molar-refractivity contribution is 6.33. The first-order valence-electron chi connectivity index (χ1n) is 11.4. The molecule has 1 aromatic carbocycles. The largest absolute Gasteiger partial charge is 0.368 e. The Kier molecular flexibility index (Phi) is 6.28. The minimum atomic E-state index is -0.332. The van der Waals surface area contributed by atoms with Crippen LogP contribution < -0.4 is 5.32 Å². The van der Waals surface area contributed by atoms with Gasteiger partial charge in [-0.2, -0.15) is 0 Å². The molecule has 2 heterocycles. The Morgan fingerprint density at radius 1 is 1.19 bits per heavy atom. The molecule has 2 atom stereocenters. The van der Waals surface area contributed by atoms with Crippen LogP contribution in [0.2, 0.25) is 5.02 Å². The van der Waals surface area contributed by atoms with Gasteiger partial charge in [-0.05, 0) is 85.3 Å². The standard InChI is InChI=1S/C25H34ClFN4/c1-17(24(2,3)4)16-31-11-9-25(10-12-31)14-18(25)15-28-23-8-7-22(29-30-23)20-13-19(27)5-6-21(20)26/h5-8,13,17-18H,9-12,14-16H2,1-4H3,(H,28,30). The molecular formula is C25H34ClFN4. The summed E-state index contributed by atoms with van der Waals surface area (Å²) >= 11 is 6.17. The summed E-state index contributed by atoms with van der Waals surface area (Å²) < 4.78 is 13.5. The lowest BCUT2D eigenvalue weighted by Crippen LogP contribution is -2.40. The fraction of sp³-hybridized carbons (Fsp3) is 0.600. The minimum Gasteiger partial charge on any atom is -0.368 e. The first kappa shape index (κ1) is 22.5. The molecule has 1 spiro atoms. The Labute approximate surface area is 190 Å². The molecule has 1 saturated heterocycles. The van der Waals surface area contributed by atoms with Crippen molar-refractivity contribution in [3.8, 4) is 11.3 Å². The number of halogens is 2. The third-order valence-electron chi connectivity index (χ3n) is 7.62. The Balaban J connectivity index is 1.26. The predicted octanol–water partition coefficient (Wildman–Crippen LogP) is 6.13. The van der Waals surface area contributed by atoms with E-state index in [1.807, 2.05) is 12.1 Å². The van der Waals surface area contributed by atoms with E-state index in [0.29, 0.717) is 38.9 Å². The third-order valence-corrected chi connectivity index (χ3v) is 7.95. The molecule has 31 heavy (non-hydrogen) atoms. The zero-order valence-corrected chi connectivity index (χ0v) is 19.8. The monoisotopic (exact) mass is 444 g/mol. The molecule has 2 aliphatic rings. The number of nitrogens with one attached hydrogen (secondary N) is 1. The quantitative estimate of drug-likeness (QED) is 0.581. The van der Waals surface area contributed by atoms with Gasteiger partial charge in [-0.15, -0.1) is 10.2 Å². The summed E-state index contributed by atoms with van der Waals surface area (Å²) in [6, 6.07) is 8.02. The van der Waals surface area contributed by atoms with Crippen LogP contribution in [-0.4, -0.2) is 41.3 Å². The van der Waals surface area contributed by atoms with Crippen LogP contribution in [0.3, 0.4) is 0 Å². The number of aromatic nitrogens is 2. The van der Waals surface area contributed by atoms with Crippen molar-refractivity contribution in [2.75, 3.05) is 31.5 Å². The van der Waals surface area contributed by atoms with E-state index in [1.165, 1.54) is 51.0 Å². The smallest absolute Gasteiger partial charge is 0.148 e. The topological polar surface area (TPSA) is 41.0 Å². The first-order chi connectivity index (χ1) is 14.7. The van der Waals surface area contributed by atoms with Crippen LogP contribution >= 0.6 is 11.6 Å². The fourth-order valence-corrected chi connectivity index (χ4v) is 4.88. The lowest BCUT2D eigenvalue weighted by Gasteiger charge is -2.37. The SMILES string of the molecule is CC(CN1CCC2(CC1)CC2CNc1ccc(-c2cc(F)ccc2Cl)nn1)C(C)(C)C. The summed E-state index contributed by atoms with van der Waals surface area (Å²) in [5.74, 6) is 1.85. The van der Waals surface area contributed by atoms with Gasteiger partial charge in [0.15, 0.2) is 0 Å². The molecule has 1 aromatic heterocycles. The molecule has 1 saturated carbocycles. The van der Waals surface area contributed by atoms with E-state index in [9.17, 15) is 4.39 Å². The van der Waals surface area contributed by atoms with Crippen molar-refractivity contribution in [3.05, 3.63) is 41.2 Å². The van der Waals surface area contributed by atoms with Crippen LogP contribution in [-0.2, 0) is 0 Å². The molecule has 2 unspecified atom stereocenters. The van der Waals surface area contributed by atoms with Crippen molar-refractivity contribution >= 4 is 17.4 Å². The van der Waals surface area contributed by atoms with Gasteiger partial charge in [-0.1, -0.05) is 39.3 Å². The molecule has 2 aromatic rings. The van der Waals surface area contributed by atoms with Crippen LogP contribution in [0.15, 0.2) is 30.3 Å².